The van der Waals surface area contributed by atoms with Crippen molar-refractivity contribution in [2.45, 2.75) is 24.3 Å². The summed E-state index contributed by atoms with van der Waals surface area (Å²) in [6.07, 6.45) is 4.66. The van der Waals surface area contributed by atoms with Crippen LogP contribution in [0.15, 0.2) is 41.7 Å². The zero-order valence-electron chi connectivity index (χ0n) is 14.0. The van der Waals surface area contributed by atoms with Gasteiger partial charge in [-0.1, -0.05) is 12.1 Å². The number of hydrogen-bond donors (Lipinski definition) is 1. The number of imidazole rings is 1. The fourth-order valence-electron chi connectivity index (χ4n) is 2.27. The first-order valence-electron chi connectivity index (χ1n) is 7.53. The Morgan fingerprint density at radius 1 is 1.26 bits per heavy atom. The Balaban J connectivity index is 1.93. The van der Waals surface area contributed by atoms with Gasteiger partial charge in [-0.3, -0.25) is 0 Å². The number of benzene rings is 1. The molecule has 0 aliphatic heterocycles. The Kier molecular flexibility index (Phi) is 5.56. The predicted octanol–water partition coefficient (Wildman–Crippen LogP) is 1.56. The Hall–Kier alpha value is -1.70. The first-order chi connectivity index (χ1) is 10.8. The summed E-state index contributed by atoms with van der Waals surface area (Å²) in [5.41, 5.74) is 2.11. The maximum Gasteiger partial charge on any atom is 0.242 e. The van der Waals surface area contributed by atoms with Crippen molar-refractivity contribution in [2.24, 2.45) is 7.05 Å². The summed E-state index contributed by atoms with van der Waals surface area (Å²) in [7, 11) is 1.65. The van der Waals surface area contributed by atoms with Crippen molar-refractivity contribution in [2.75, 3.05) is 20.6 Å². The summed E-state index contributed by atoms with van der Waals surface area (Å²) in [4.78, 5) is 4.60. The third-order valence-corrected chi connectivity index (χ3v) is 5.58. The molecule has 1 aromatic carbocycles. The van der Waals surface area contributed by atoms with Crippen molar-refractivity contribution in [1.29, 1.82) is 0 Å². The van der Waals surface area contributed by atoms with E-state index in [1.165, 1.54) is 18.4 Å². The van der Waals surface area contributed by atoms with Crippen LogP contribution in [-0.4, -0.2) is 42.9 Å². The van der Waals surface area contributed by atoms with Crippen molar-refractivity contribution in [3.05, 3.63) is 48.0 Å². The van der Waals surface area contributed by atoms with E-state index in [0.717, 1.165) is 24.2 Å². The van der Waals surface area contributed by atoms with E-state index in [9.17, 15) is 8.42 Å². The lowest BCUT2D eigenvalue weighted by atomic mass is 10.1. The maximum absolute atomic E-state index is 12.0. The number of hydrogen-bond acceptors (Lipinski definition) is 4. The van der Waals surface area contributed by atoms with E-state index < -0.39 is 10.0 Å². The van der Waals surface area contributed by atoms with E-state index in [4.69, 9.17) is 0 Å². The predicted molar refractivity (Wildman–Crippen MR) is 90.6 cm³/mol. The average Bonchev–Trinajstić information content (AvgIpc) is 2.92. The summed E-state index contributed by atoms with van der Waals surface area (Å²) >= 11 is 0. The van der Waals surface area contributed by atoms with Crippen LogP contribution in [0.1, 0.15) is 24.2 Å². The van der Waals surface area contributed by atoms with Gasteiger partial charge in [0.25, 0.3) is 0 Å². The van der Waals surface area contributed by atoms with E-state index in [1.807, 2.05) is 29.9 Å². The summed E-state index contributed by atoms with van der Waals surface area (Å²) in [5, 5.41) is 3.43. The molecule has 1 heterocycles. The van der Waals surface area contributed by atoms with Gasteiger partial charge in [0, 0.05) is 46.3 Å². The average molecular weight is 336 g/mol. The van der Waals surface area contributed by atoms with Crippen LogP contribution in [0, 0.1) is 0 Å². The van der Waals surface area contributed by atoms with E-state index in [2.05, 4.69) is 17.2 Å². The lowest BCUT2D eigenvalue weighted by molar-refractivity contribution is 0.520. The molecule has 7 heteroatoms. The van der Waals surface area contributed by atoms with Gasteiger partial charge in [-0.05, 0) is 24.6 Å². The molecule has 0 bridgehead atoms. The molecule has 0 fully saturated rings. The third-order valence-electron chi connectivity index (χ3n) is 3.75. The number of sulfonamides is 1. The Labute approximate surface area is 138 Å². The molecule has 0 spiro atoms. The van der Waals surface area contributed by atoms with Crippen LogP contribution in [0.2, 0.25) is 0 Å². The summed E-state index contributed by atoms with van der Waals surface area (Å²) in [6, 6.07) is 7.17. The van der Waals surface area contributed by atoms with Gasteiger partial charge >= 0.3 is 0 Å². The third kappa shape index (κ3) is 4.40. The molecule has 0 saturated heterocycles. The Bertz CT molecular complexity index is 736. The van der Waals surface area contributed by atoms with Crippen LogP contribution in [-0.2, 0) is 23.5 Å². The van der Waals surface area contributed by atoms with Crippen LogP contribution in [0.4, 0.5) is 0 Å². The highest BCUT2D eigenvalue weighted by Crippen LogP contribution is 2.18. The van der Waals surface area contributed by atoms with Gasteiger partial charge in [-0.2, -0.15) is 0 Å². The molecule has 1 atom stereocenters. The Morgan fingerprint density at radius 3 is 2.43 bits per heavy atom. The van der Waals surface area contributed by atoms with Gasteiger partial charge in [0.1, 0.15) is 0 Å². The molecule has 0 aliphatic carbocycles. The van der Waals surface area contributed by atoms with Crippen molar-refractivity contribution in [1.82, 2.24) is 19.2 Å². The quantitative estimate of drug-likeness (QED) is 0.833. The number of rotatable bonds is 7. The first kappa shape index (κ1) is 17.7. The second-order valence-corrected chi connectivity index (χ2v) is 7.96. The molecule has 1 unspecified atom stereocenters. The largest absolute Gasteiger partial charge is 0.340 e. The summed E-state index contributed by atoms with van der Waals surface area (Å²) in [6.45, 7) is 2.88. The van der Waals surface area contributed by atoms with Crippen LogP contribution >= 0.6 is 0 Å². The minimum absolute atomic E-state index is 0.148. The maximum atomic E-state index is 12.0. The molecule has 2 aromatic rings. The molecule has 126 valence electrons. The minimum atomic E-state index is -3.37. The molecule has 1 N–H and O–H groups in total. The molecule has 2 rings (SSSR count). The smallest absolute Gasteiger partial charge is 0.242 e. The van der Waals surface area contributed by atoms with Gasteiger partial charge in [-0.15, -0.1) is 0 Å². The molecule has 0 radical (unpaired) electrons. The fraction of sp³-hybridized carbons (Fsp3) is 0.438. The standard InChI is InChI=1S/C16H24N4O2S/c1-13(17-10-9-15-11-20(4)12-18-15)14-5-7-16(8-6-14)23(21,22)19(2)3/h5-8,11-13,17H,9-10H2,1-4H3. The lowest BCUT2D eigenvalue weighted by Crippen LogP contribution is -2.23. The molecule has 0 amide bonds. The zero-order chi connectivity index (χ0) is 17.0. The second kappa shape index (κ2) is 7.25. The number of nitrogens with one attached hydrogen (secondary N) is 1. The highest BCUT2D eigenvalue weighted by Gasteiger charge is 2.17. The summed E-state index contributed by atoms with van der Waals surface area (Å²) < 4.78 is 27.2. The van der Waals surface area contributed by atoms with Gasteiger partial charge in [-0.25, -0.2) is 17.7 Å². The molecule has 0 aliphatic rings. The highest BCUT2D eigenvalue weighted by atomic mass is 32.2. The topological polar surface area (TPSA) is 67.2 Å². The number of aryl methyl sites for hydroxylation is 1. The monoisotopic (exact) mass is 336 g/mol. The molecular formula is C16H24N4O2S. The second-order valence-electron chi connectivity index (χ2n) is 5.81. The molecule has 1 aromatic heterocycles. The van der Waals surface area contributed by atoms with Gasteiger partial charge in [0.05, 0.1) is 16.9 Å². The van der Waals surface area contributed by atoms with Crippen molar-refractivity contribution in [3.63, 3.8) is 0 Å². The van der Waals surface area contributed by atoms with Crippen LogP contribution in [0.3, 0.4) is 0 Å². The normalized spacial score (nSPS) is 13.4. The van der Waals surface area contributed by atoms with Gasteiger partial charge in [0.15, 0.2) is 0 Å². The minimum Gasteiger partial charge on any atom is -0.340 e. The van der Waals surface area contributed by atoms with Gasteiger partial charge in [0.2, 0.25) is 10.0 Å². The Morgan fingerprint density at radius 2 is 1.91 bits per heavy atom. The zero-order valence-corrected chi connectivity index (χ0v) is 14.8. The SMILES string of the molecule is CC(NCCc1cn(C)cn1)c1ccc(S(=O)(=O)N(C)C)cc1. The van der Waals surface area contributed by atoms with E-state index >= 15 is 0 Å². The van der Waals surface area contributed by atoms with Crippen LogP contribution < -0.4 is 5.32 Å². The van der Waals surface area contributed by atoms with E-state index in [1.54, 1.807) is 18.5 Å². The number of aromatic nitrogens is 2. The van der Waals surface area contributed by atoms with E-state index in [-0.39, 0.29) is 6.04 Å². The molecule has 23 heavy (non-hydrogen) atoms. The van der Waals surface area contributed by atoms with Crippen molar-refractivity contribution >= 4 is 10.0 Å². The fourth-order valence-corrected chi connectivity index (χ4v) is 3.17. The van der Waals surface area contributed by atoms with E-state index in [0.29, 0.717) is 4.90 Å². The summed E-state index contributed by atoms with van der Waals surface area (Å²) in [5.74, 6) is 0. The molecule has 0 saturated carbocycles. The lowest BCUT2D eigenvalue weighted by Gasteiger charge is -2.15. The highest BCUT2D eigenvalue weighted by molar-refractivity contribution is 7.89. The van der Waals surface area contributed by atoms with Crippen molar-refractivity contribution < 1.29 is 8.42 Å². The van der Waals surface area contributed by atoms with Crippen molar-refractivity contribution in [3.8, 4) is 0 Å². The van der Waals surface area contributed by atoms with Crippen LogP contribution in [0.5, 0.6) is 0 Å². The van der Waals surface area contributed by atoms with Gasteiger partial charge < -0.3 is 9.88 Å². The van der Waals surface area contributed by atoms with Crippen LogP contribution in [0.25, 0.3) is 0 Å². The molecule has 6 nitrogen and oxygen atoms in total. The molecular weight excluding hydrogens is 312 g/mol. The first-order valence-corrected chi connectivity index (χ1v) is 8.97. The number of nitrogens with zero attached hydrogens (tertiary/aromatic N) is 3.